The number of hydrogen-bond donors (Lipinski definition) is 1. The third-order valence-corrected chi connectivity index (χ3v) is 8.21. The lowest BCUT2D eigenvalue weighted by Gasteiger charge is -2.33. The van der Waals surface area contributed by atoms with Crippen molar-refractivity contribution in [3.63, 3.8) is 0 Å². The lowest BCUT2D eigenvalue weighted by molar-refractivity contribution is -0.140. The number of halogens is 1. The maximum absolute atomic E-state index is 13.9. The molecule has 9 heteroatoms. The number of sulfonamides is 1. The number of carbonyl (C=O) groups excluding carboxylic acids is 2. The molecule has 0 saturated heterocycles. The summed E-state index contributed by atoms with van der Waals surface area (Å²) in [6.07, 6.45) is 0.355. The highest BCUT2D eigenvalue weighted by Gasteiger charge is 2.34. The zero-order valence-corrected chi connectivity index (χ0v) is 23.0. The predicted molar refractivity (Wildman–Crippen MR) is 147 cm³/mol. The molecule has 7 nitrogen and oxygen atoms in total. The quantitative estimate of drug-likeness (QED) is 0.403. The monoisotopic (exact) mass is 541 g/mol. The van der Waals surface area contributed by atoms with Crippen molar-refractivity contribution in [2.75, 3.05) is 17.9 Å². The third kappa shape index (κ3) is 6.70. The second kappa shape index (κ2) is 12.3. The standard InChI is InChI=1S/C28H32ClN3O4S/c1-5-25(28(34)30-4)31(18-22-14-10-20(2)11-15-22)27(33)19-32(26-9-7-6-8-24(26)29)37(35,36)23-16-12-21(3)13-17-23/h6-17,25H,5,18-19H2,1-4H3,(H,30,34). The molecule has 196 valence electrons. The van der Waals surface area contributed by atoms with Crippen molar-refractivity contribution in [3.8, 4) is 0 Å². The van der Waals surface area contributed by atoms with Gasteiger partial charge in [-0.15, -0.1) is 0 Å². The van der Waals surface area contributed by atoms with Crippen LogP contribution in [-0.4, -0.2) is 44.8 Å². The minimum atomic E-state index is -4.16. The lowest BCUT2D eigenvalue weighted by atomic mass is 10.1. The Kier molecular flexibility index (Phi) is 9.34. The number of benzene rings is 3. The van der Waals surface area contributed by atoms with Crippen LogP contribution in [0.25, 0.3) is 0 Å². The molecule has 0 fully saturated rings. The first-order valence-corrected chi connectivity index (χ1v) is 13.8. The van der Waals surface area contributed by atoms with Crippen molar-refractivity contribution >= 4 is 39.1 Å². The van der Waals surface area contributed by atoms with Crippen LogP contribution < -0.4 is 9.62 Å². The Morgan fingerprint density at radius 3 is 2.03 bits per heavy atom. The van der Waals surface area contributed by atoms with Crippen LogP contribution >= 0.6 is 11.6 Å². The molecule has 0 aliphatic rings. The van der Waals surface area contributed by atoms with E-state index in [-0.39, 0.29) is 28.1 Å². The van der Waals surface area contributed by atoms with Crippen LogP contribution in [0.1, 0.15) is 30.0 Å². The van der Waals surface area contributed by atoms with Gasteiger partial charge in [-0.05, 0) is 50.1 Å². The van der Waals surface area contributed by atoms with Gasteiger partial charge in [0.2, 0.25) is 11.8 Å². The number of carbonyl (C=O) groups is 2. The fraction of sp³-hybridized carbons (Fsp3) is 0.286. The summed E-state index contributed by atoms with van der Waals surface area (Å²) >= 11 is 6.41. The van der Waals surface area contributed by atoms with Gasteiger partial charge in [0.05, 0.1) is 15.6 Å². The van der Waals surface area contributed by atoms with Crippen LogP contribution in [-0.2, 0) is 26.2 Å². The van der Waals surface area contributed by atoms with Crippen LogP contribution in [0.3, 0.4) is 0 Å². The Morgan fingerprint density at radius 2 is 1.49 bits per heavy atom. The largest absolute Gasteiger partial charge is 0.357 e. The molecule has 3 rings (SSSR count). The fourth-order valence-corrected chi connectivity index (χ4v) is 5.70. The van der Waals surface area contributed by atoms with Crippen molar-refractivity contribution in [2.24, 2.45) is 0 Å². The molecule has 0 aliphatic carbocycles. The molecule has 37 heavy (non-hydrogen) atoms. The Hall–Kier alpha value is -3.36. The molecule has 0 saturated carbocycles. The van der Waals surface area contributed by atoms with Gasteiger partial charge in [-0.2, -0.15) is 0 Å². The first-order valence-electron chi connectivity index (χ1n) is 12.0. The Balaban J connectivity index is 2.06. The first kappa shape index (κ1) is 28.2. The van der Waals surface area contributed by atoms with Crippen LogP contribution in [0, 0.1) is 13.8 Å². The van der Waals surface area contributed by atoms with E-state index in [0.29, 0.717) is 6.42 Å². The van der Waals surface area contributed by atoms with E-state index in [1.807, 2.05) is 45.0 Å². The molecule has 0 aliphatic heterocycles. The molecule has 0 heterocycles. The van der Waals surface area contributed by atoms with E-state index in [4.69, 9.17) is 11.6 Å². The van der Waals surface area contributed by atoms with Gasteiger partial charge >= 0.3 is 0 Å². The van der Waals surface area contributed by atoms with Gasteiger partial charge in [-0.1, -0.05) is 78.2 Å². The van der Waals surface area contributed by atoms with E-state index >= 15 is 0 Å². The van der Waals surface area contributed by atoms with Gasteiger partial charge in [-0.25, -0.2) is 8.42 Å². The summed E-state index contributed by atoms with van der Waals surface area (Å²) in [7, 11) is -2.65. The zero-order valence-electron chi connectivity index (χ0n) is 21.4. The highest BCUT2D eigenvalue weighted by molar-refractivity contribution is 7.92. The van der Waals surface area contributed by atoms with Gasteiger partial charge in [0, 0.05) is 13.6 Å². The van der Waals surface area contributed by atoms with E-state index in [9.17, 15) is 18.0 Å². The van der Waals surface area contributed by atoms with E-state index in [1.54, 1.807) is 36.4 Å². The zero-order chi connectivity index (χ0) is 27.2. The molecule has 3 aromatic carbocycles. The van der Waals surface area contributed by atoms with E-state index in [2.05, 4.69) is 5.32 Å². The van der Waals surface area contributed by atoms with Gasteiger partial charge < -0.3 is 10.2 Å². The summed E-state index contributed by atoms with van der Waals surface area (Å²) in [4.78, 5) is 28.1. The molecular weight excluding hydrogens is 510 g/mol. The lowest BCUT2D eigenvalue weighted by Crippen LogP contribution is -2.51. The van der Waals surface area contributed by atoms with E-state index in [1.165, 1.54) is 24.1 Å². The summed E-state index contributed by atoms with van der Waals surface area (Å²) < 4.78 is 28.6. The molecule has 2 amide bonds. The Labute approximate surface area is 224 Å². The summed E-state index contributed by atoms with van der Waals surface area (Å²) in [6, 6.07) is 19.7. The Morgan fingerprint density at radius 1 is 0.919 bits per heavy atom. The summed E-state index contributed by atoms with van der Waals surface area (Å²) in [6.45, 7) is 5.25. The summed E-state index contributed by atoms with van der Waals surface area (Å²) in [5.74, 6) is -0.847. The van der Waals surface area contributed by atoms with E-state index in [0.717, 1.165) is 21.0 Å². The molecule has 1 unspecified atom stereocenters. The van der Waals surface area contributed by atoms with Gasteiger partial charge in [-0.3, -0.25) is 13.9 Å². The number of anilines is 1. The minimum Gasteiger partial charge on any atom is -0.357 e. The van der Waals surface area contributed by atoms with E-state index < -0.39 is 28.5 Å². The average Bonchev–Trinajstić information content (AvgIpc) is 2.88. The number of aryl methyl sites for hydroxylation is 2. The number of para-hydroxylation sites is 1. The van der Waals surface area contributed by atoms with Gasteiger partial charge in [0.25, 0.3) is 10.0 Å². The summed E-state index contributed by atoms with van der Waals surface area (Å²) in [5, 5.41) is 2.81. The maximum atomic E-state index is 13.9. The Bertz CT molecular complexity index is 1340. The minimum absolute atomic E-state index is 0.0363. The van der Waals surface area contributed by atoms with Crippen LogP contribution in [0.15, 0.2) is 77.7 Å². The second-order valence-corrected chi connectivity index (χ2v) is 11.1. The molecule has 1 atom stereocenters. The van der Waals surface area contributed by atoms with Crippen molar-refractivity contribution < 1.29 is 18.0 Å². The van der Waals surface area contributed by atoms with Gasteiger partial charge in [0.1, 0.15) is 12.6 Å². The summed E-state index contributed by atoms with van der Waals surface area (Å²) in [5.41, 5.74) is 2.97. The molecule has 0 radical (unpaired) electrons. The molecule has 0 aromatic heterocycles. The number of nitrogens with zero attached hydrogens (tertiary/aromatic N) is 2. The van der Waals surface area contributed by atoms with Crippen LogP contribution in [0.2, 0.25) is 5.02 Å². The average molecular weight is 542 g/mol. The molecule has 3 aromatic rings. The van der Waals surface area contributed by atoms with Crippen molar-refractivity contribution in [1.82, 2.24) is 10.2 Å². The molecule has 0 spiro atoms. The fourth-order valence-electron chi connectivity index (χ4n) is 3.98. The topological polar surface area (TPSA) is 86.8 Å². The van der Waals surface area contributed by atoms with Gasteiger partial charge in [0.15, 0.2) is 0 Å². The normalized spacial score (nSPS) is 12.0. The van der Waals surface area contributed by atoms with Crippen molar-refractivity contribution in [3.05, 3.63) is 94.5 Å². The smallest absolute Gasteiger partial charge is 0.264 e. The van der Waals surface area contributed by atoms with Crippen LogP contribution in [0.5, 0.6) is 0 Å². The first-order chi connectivity index (χ1) is 17.6. The second-order valence-electron chi connectivity index (χ2n) is 8.82. The number of nitrogens with one attached hydrogen (secondary N) is 1. The predicted octanol–water partition coefficient (Wildman–Crippen LogP) is 4.71. The molecule has 0 bridgehead atoms. The van der Waals surface area contributed by atoms with Crippen molar-refractivity contribution in [1.29, 1.82) is 0 Å². The maximum Gasteiger partial charge on any atom is 0.264 e. The number of amides is 2. The highest BCUT2D eigenvalue weighted by Crippen LogP contribution is 2.31. The SMILES string of the molecule is CCC(C(=O)NC)N(Cc1ccc(C)cc1)C(=O)CN(c1ccccc1Cl)S(=O)(=O)c1ccc(C)cc1. The van der Waals surface area contributed by atoms with Crippen molar-refractivity contribution in [2.45, 2.75) is 44.7 Å². The highest BCUT2D eigenvalue weighted by atomic mass is 35.5. The number of rotatable bonds is 10. The number of hydrogen-bond acceptors (Lipinski definition) is 4. The third-order valence-electron chi connectivity index (χ3n) is 6.11. The molecular formula is C28H32ClN3O4S. The molecule has 1 N–H and O–H groups in total. The number of likely N-dealkylation sites (N-methyl/N-ethyl adjacent to an activating group) is 1. The van der Waals surface area contributed by atoms with Crippen LogP contribution in [0.4, 0.5) is 5.69 Å².